The summed E-state index contributed by atoms with van der Waals surface area (Å²) in [5.41, 5.74) is 0. The molecular formula is C13H21NO2S. The first-order valence-corrected chi connectivity index (χ1v) is 7.33. The van der Waals surface area contributed by atoms with Crippen molar-refractivity contribution in [2.45, 2.75) is 44.9 Å². The molecule has 0 aromatic heterocycles. The largest absolute Gasteiger partial charge is 0.282 e. The van der Waals surface area contributed by atoms with E-state index in [2.05, 4.69) is 12.6 Å². The highest BCUT2D eigenvalue weighted by atomic mass is 32.1. The first-order chi connectivity index (χ1) is 8.24. The third-order valence-corrected chi connectivity index (χ3v) is 4.26. The zero-order valence-electron chi connectivity index (χ0n) is 10.2. The summed E-state index contributed by atoms with van der Waals surface area (Å²) in [6, 6.07) is 0. The van der Waals surface area contributed by atoms with E-state index in [1.807, 2.05) is 0 Å². The minimum atomic E-state index is 0.0943. The Kier molecular flexibility index (Phi) is 4.48. The fourth-order valence-electron chi connectivity index (χ4n) is 2.97. The number of rotatable bonds is 5. The summed E-state index contributed by atoms with van der Waals surface area (Å²) in [6.07, 6.45) is 6.86. The number of unbranched alkanes of at least 4 members (excludes halogenated alkanes) is 2. The van der Waals surface area contributed by atoms with Crippen LogP contribution in [0.5, 0.6) is 0 Å². The van der Waals surface area contributed by atoms with Gasteiger partial charge >= 0.3 is 0 Å². The second kappa shape index (κ2) is 5.89. The van der Waals surface area contributed by atoms with E-state index in [9.17, 15) is 9.59 Å². The second-order valence-corrected chi connectivity index (χ2v) is 5.62. The van der Waals surface area contributed by atoms with Crippen LogP contribution in [0, 0.1) is 11.8 Å². The minimum absolute atomic E-state index is 0.0943. The van der Waals surface area contributed by atoms with Crippen LogP contribution in [0.4, 0.5) is 0 Å². The van der Waals surface area contributed by atoms with Crippen LogP contribution >= 0.6 is 12.6 Å². The maximum absolute atomic E-state index is 12.1. The van der Waals surface area contributed by atoms with E-state index in [4.69, 9.17) is 0 Å². The zero-order valence-corrected chi connectivity index (χ0v) is 11.1. The summed E-state index contributed by atoms with van der Waals surface area (Å²) in [7, 11) is 0. The molecule has 2 rings (SSSR count). The number of carbonyl (C=O) groups excluding carboxylic acids is 2. The van der Waals surface area contributed by atoms with Crippen LogP contribution in [0.15, 0.2) is 0 Å². The molecule has 4 heteroatoms. The van der Waals surface area contributed by atoms with Gasteiger partial charge in [0.15, 0.2) is 0 Å². The van der Waals surface area contributed by atoms with Gasteiger partial charge in [0.1, 0.15) is 0 Å². The van der Waals surface area contributed by atoms with Crippen molar-refractivity contribution in [3.05, 3.63) is 0 Å². The maximum Gasteiger partial charge on any atom is 0.232 e. The van der Waals surface area contributed by atoms with Crippen LogP contribution in [-0.4, -0.2) is 29.0 Å². The minimum Gasteiger partial charge on any atom is -0.282 e. The number of hydrogen-bond acceptors (Lipinski definition) is 3. The molecule has 2 amide bonds. The molecule has 0 radical (unpaired) electrons. The average molecular weight is 255 g/mol. The Morgan fingerprint density at radius 3 is 2.29 bits per heavy atom. The van der Waals surface area contributed by atoms with Gasteiger partial charge in [-0.25, -0.2) is 0 Å². The summed E-state index contributed by atoms with van der Waals surface area (Å²) in [5.74, 6) is 1.34. The van der Waals surface area contributed by atoms with Gasteiger partial charge < -0.3 is 0 Å². The molecule has 2 atom stereocenters. The van der Waals surface area contributed by atoms with Crippen molar-refractivity contribution < 1.29 is 9.59 Å². The highest BCUT2D eigenvalue weighted by Gasteiger charge is 2.42. The number of carbonyl (C=O) groups is 2. The summed E-state index contributed by atoms with van der Waals surface area (Å²) in [4.78, 5) is 25.7. The Morgan fingerprint density at radius 2 is 1.71 bits per heavy atom. The van der Waals surface area contributed by atoms with Gasteiger partial charge in [0.05, 0.1) is 0 Å². The number of hydrogen-bond donors (Lipinski definition) is 1. The lowest BCUT2D eigenvalue weighted by Crippen LogP contribution is -2.51. The van der Waals surface area contributed by atoms with Crippen molar-refractivity contribution in [3.63, 3.8) is 0 Å². The Hall–Kier alpha value is -0.510. The van der Waals surface area contributed by atoms with E-state index in [-0.39, 0.29) is 23.7 Å². The van der Waals surface area contributed by atoms with E-state index < -0.39 is 0 Å². The molecule has 0 spiro atoms. The number of thiol groups is 1. The molecule has 2 aliphatic rings. The molecule has 17 heavy (non-hydrogen) atoms. The Labute approximate surface area is 108 Å². The molecule has 0 N–H and O–H groups in total. The number of fused-ring (bicyclic) bond motifs is 2. The van der Waals surface area contributed by atoms with Crippen molar-refractivity contribution in [1.82, 2.24) is 4.90 Å². The van der Waals surface area contributed by atoms with Crippen molar-refractivity contribution in [1.29, 1.82) is 0 Å². The van der Waals surface area contributed by atoms with Gasteiger partial charge in [-0.3, -0.25) is 14.5 Å². The smallest absolute Gasteiger partial charge is 0.232 e. The molecule has 0 aromatic carbocycles. The van der Waals surface area contributed by atoms with E-state index in [1.165, 1.54) is 4.90 Å². The van der Waals surface area contributed by atoms with Crippen LogP contribution in [-0.2, 0) is 9.59 Å². The molecule has 1 aliphatic carbocycles. The van der Waals surface area contributed by atoms with Crippen LogP contribution in [0.2, 0.25) is 0 Å². The third kappa shape index (κ3) is 2.84. The fraction of sp³-hybridized carbons (Fsp3) is 0.846. The molecule has 1 heterocycles. The van der Waals surface area contributed by atoms with Crippen LogP contribution in [0.25, 0.3) is 0 Å². The average Bonchev–Trinajstić information content (AvgIpc) is 2.36. The monoisotopic (exact) mass is 255 g/mol. The normalized spacial score (nSPS) is 28.6. The molecule has 96 valence electrons. The van der Waals surface area contributed by atoms with Crippen molar-refractivity contribution in [3.8, 4) is 0 Å². The quantitative estimate of drug-likeness (QED) is 0.465. The first-order valence-electron chi connectivity index (χ1n) is 6.70. The van der Waals surface area contributed by atoms with Gasteiger partial charge in [0.2, 0.25) is 11.8 Å². The summed E-state index contributed by atoms with van der Waals surface area (Å²) < 4.78 is 0. The Bertz CT molecular complexity index is 284. The molecule has 1 aliphatic heterocycles. The van der Waals surface area contributed by atoms with Gasteiger partial charge in [-0.1, -0.05) is 12.8 Å². The van der Waals surface area contributed by atoms with Gasteiger partial charge in [-0.15, -0.1) is 0 Å². The standard InChI is InChI=1S/C13H21NO2S/c15-12-10-5-4-6-11(9-10)13(16)14(12)7-2-1-3-8-17/h10-11,17H,1-9H2. The number of nitrogens with zero attached hydrogens (tertiary/aromatic N) is 1. The lowest BCUT2D eigenvalue weighted by atomic mass is 9.77. The predicted octanol–water partition coefficient (Wildman–Crippen LogP) is 2.26. The number of imide groups is 1. The van der Waals surface area contributed by atoms with E-state index in [0.29, 0.717) is 6.54 Å². The highest BCUT2D eigenvalue weighted by Crippen LogP contribution is 2.36. The molecule has 1 saturated carbocycles. The molecule has 3 nitrogen and oxygen atoms in total. The molecule has 2 bridgehead atoms. The van der Waals surface area contributed by atoms with Gasteiger partial charge in [0.25, 0.3) is 0 Å². The van der Waals surface area contributed by atoms with E-state index in [0.717, 1.165) is 50.7 Å². The fourth-order valence-corrected chi connectivity index (χ4v) is 3.19. The lowest BCUT2D eigenvalue weighted by Gasteiger charge is -2.39. The first kappa shape index (κ1) is 12.9. The summed E-state index contributed by atoms with van der Waals surface area (Å²) in [6.45, 7) is 0.623. The van der Waals surface area contributed by atoms with Gasteiger partial charge in [-0.05, 0) is 37.9 Å². The Balaban J connectivity index is 1.90. The van der Waals surface area contributed by atoms with Crippen molar-refractivity contribution in [2.75, 3.05) is 12.3 Å². The summed E-state index contributed by atoms with van der Waals surface area (Å²) in [5, 5.41) is 0. The molecule has 2 fully saturated rings. The zero-order chi connectivity index (χ0) is 12.3. The number of likely N-dealkylation sites (tertiary alicyclic amines) is 1. The summed E-state index contributed by atoms with van der Waals surface area (Å²) >= 11 is 4.16. The van der Waals surface area contributed by atoms with Crippen LogP contribution < -0.4 is 0 Å². The van der Waals surface area contributed by atoms with Gasteiger partial charge in [-0.2, -0.15) is 12.6 Å². The second-order valence-electron chi connectivity index (χ2n) is 5.17. The molecular weight excluding hydrogens is 234 g/mol. The van der Waals surface area contributed by atoms with Crippen LogP contribution in [0.1, 0.15) is 44.9 Å². The molecule has 0 aromatic rings. The highest BCUT2D eigenvalue weighted by molar-refractivity contribution is 7.80. The van der Waals surface area contributed by atoms with Crippen molar-refractivity contribution in [2.24, 2.45) is 11.8 Å². The topological polar surface area (TPSA) is 37.4 Å². The van der Waals surface area contributed by atoms with E-state index >= 15 is 0 Å². The maximum atomic E-state index is 12.1. The van der Waals surface area contributed by atoms with Crippen molar-refractivity contribution >= 4 is 24.4 Å². The SMILES string of the molecule is O=C1C2CCCC(C2)C(=O)N1CCCCCS. The van der Waals surface area contributed by atoms with Gasteiger partial charge in [0, 0.05) is 18.4 Å². The van der Waals surface area contributed by atoms with Crippen LogP contribution in [0.3, 0.4) is 0 Å². The number of amides is 2. The van der Waals surface area contributed by atoms with E-state index in [1.54, 1.807) is 0 Å². The number of piperidine rings is 1. The molecule has 2 unspecified atom stereocenters. The Morgan fingerprint density at radius 1 is 1.06 bits per heavy atom. The lowest BCUT2D eigenvalue weighted by molar-refractivity contribution is -0.158. The third-order valence-electron chi connectivity index (χ3n) is 3.94. The predicted molar refractivity (Wildman–Crippen MR) is 69.9 cm³/mol. The molecule has 1 saturated heterocycles.